The second-order valence-corrected chi connectivity index (χ2v) is 6.37. The normalized spacial score (nSPS) is 10.5. The summed E-state index contributed by atoms with van der Waals surface area (Å²) in [6, 6.07) is 12.1. The van der Waals surface area contributed by atoms with Crippen LogP contribution in [0.5, 0.6) is 11.5 Å². The van der Waals surface area contributed by atoms with E-state index in [1.165, 1.54) is 19.2 Å². The number of nitrogens with zero attached hydrogens (tertiary/aromatic N) is 2. The molecule has 0 unspecified atom stereocenters. The molecule has 2 amide bonds. The molecule has 30 heavy (non-hydrogen) atoms. The van der Waals surface area contributed by atoms with Gasteiger partial charge in [0.15, 0.2) is 18.1 Å². The lowest BCUT2D eigenvalue weighted by Gasteiger charge is -2.12. The van der Waals surface area contributed by atoms with Gasteiger partial charge in [0.05, 0.1) is 18.1 Å². The summed E-state index contributed by atoms with van der Waals surface area (Å²) in [4.78, 5) is 39.7. The molecular formula is C21H22N4O5. The number of methoxy groups -OCH3 is 1. The van der Waals surface area contributed by atoms with Crippen LogP contribution in [-0.4, -0.2) is 41.4 Å². The van der Waals surface area contributed by atoms with Gasteiger partial charge in [0.25, 0.3) is 11.8 Å². The molecule has 0 aliphatic carbocycles. The van der Waals surface area contributed by atoms with E-state index in [1.54, 1.807) is 6.07 Å². The number of hydrazine groups is 1. The molecule has 1 aromatic heterocycles. The van der Waals surface area contributed by atoms with Crippen LogP contribution in [0.15, 0.2) is 42.5 Å². The monoisotopic (exact) mass is 410 g/mol. The van der Waals surface area contributed by atoms with Gasteiger partial charge in [-0.15, -0.1) is 0 Å². The minimum Gasteiger partial charge on any atom is -0.493 e. The van der Waals surface area contributed by atoms with Gasteiger partial charge in [0.2, 0.25) is 0 Å². The first-order valence-corrected chi connectivity index (χ1v) is 9.33. The number of hydrogen-bond donors (Lipinski definition) is 2. The fourth-order valence-electron chi connectivity index (χ4n) is 2.95. The molecule has 9 nitrogen and oxygen atoms in total. The van der Waals surface area contributed by atoms with E-state index in [-0.39, 0.29) is 13.2 Å². The van der Waals surface area contributed by atoms with Crippen molar-refractivity contribution < 1.29 is 23.9 Å². The number of nitrogens with one attached hydrogen (secondary N) is 2. The molecule has 1 heterocycles. The first kappa shape index (κ1) is 20.8. The highest BCUT2D eigenvalue weighted by molar-refractivity contribution is 5.84. The number of aldehydes is 1. The van der Waals surface area contributed by atoms with Crippen molar-refractivity contribution in [1.82, 2.24) is 20.4 Å². The molecule has 2 aromatic carbocycles. The summed E-state index contributed by atoms with van der Waals surface area (Å²) in [5, 5.41) is 0. The van der Waals surface area contributed by atoms with Gasteiger partial charge < -0.3 is 14.0 Å². The van der Waals surface area contributed by atoms with E-state index in [0.29, 0.717) is 29.8 Å². The number of hydrogen-bond acceptors (Lipinski definition) is 6. The van der Waals surface area contributed by atoms with Gasteiger partial charge in [-0.2, -0.15) is 0 Å². The van der Waals surface area contributed by atoms with E-state index in [1.807, 2.05) is 35.8 Å². The smallest absolute Gasteiger partial charge is 0.276 e. The van der Waals surface area contributed by atoms with Crippen molar-refractivity contribution in [2.45, 2.75) is 19.9 Å². The topological polar surface area (TPSA) is 112 Å². The zero-order valence-electron chi connectivity index (χ0n) is 16.7. The Kier molecular flexibility index (Phi) is 6.63. The van der Waals surface area contributed by atoms with Crippen LogP contribution in [0.25, 0.3) is 11.0 Å². The Hall–Kier alpha value is -3.88. The summed E-state index contributed by atoms with van der Waals surface area (Å²) >= 11 is 0. The number of carbonyl (C=O) groups is 3. The summed E-state index contributed by atoms with van der Waals surface area (Å²) in [5.74, 6) is 0.481. The first-order valence-electron chi connectivity index (χ1n) is 9.33. The Morgan fingerprint density at radius 3 is 2.60 bits per heavy atom. The van der Waals surface area contributed by atoms with Crippen LogP contribution in [0, 0.1) is 0 Å². The molecule has 0 aliphatic rings. The zero-order valence-corrected chi connectivity index (χ0v) is 16.7. The van der Waals surface area contributed by atoms with Crippen molar-refractivity contribution in [1.29, 1.82) is 0 Å². The number of benzene rings is 2. The Bertz CT molecular complexity index is 1080. The molecule has 0 saturated heterocycles. The largest absolute Gasteiger partial charge is 0.493 e. The lowest BCUT2D eigenvalue weighted by Crippen LogP contribution is -2.45. The number of aromatic nitrogens is 2. The highest BCUT2D eigenvalue weighted by Crippen LogP contribution is 2.27. The summed E-state index contributed by atoms with van der Waals surface area (Å²) in [6.07, 6.45) is 1.36. The van der Waals surface area contributed by atoms with Crippen molar-refractivity contribution in [2.24, 2.45) is 0 Å². The third-order valence-corrected chi connectivity index (χ3v) is 4.38. The molecule has 0 atom stereocenters. The molecule has 0 spiro atoms. The number of amides is 2. The van der Waals surface area contributed by atoms with Crippen LogP contribution in [-0.2, 0) is 22.6 Å². The summed E-state index contributed by atoms with van der Waals surface area (Å²) in [5.41, 5.74) is 6.78. The second-order valence-electron chi connectivity index (χ2n) is 6.37. The molecule has 0 radical (unpaired) electrons. The highest BCUT2D eigenvalue weighted by atomic mass is 16.5. The fourth-order valence-corrected chi connectivity index (χ4v) is 2.95. The molecule has 0 aliphatic heterocycles. The summed E-state index contributed by atoms with van der Waals surface area (Å²) in [7, 11) is 1.43. The van der Waals surface area contributed by atoms with E-state index in [9.17, 15) is 14.4 Å². The maximum absolute atomic E-state index is 12.3. The lowest BCUT2D eigenvalue weighted by molar-refractivity contribution is -0.130. The average Bonchev–Trinajstić information content (AvgIpc) is 3.13. The lowest BCUT2D eigenvalue weighted by atomic mass is 10.2. The number of ether oxygens (including phenoxy) is 2. The number of rotatable bonds is 8. The predicted molar refractivity (Wildman–Crippen MR) is 109 cm³/mol. The Labute approximate surface area is 173 Å². The summed E-state index contributed by atoms with van der Waals surface area (Å²) in [6.45, 7) is 1.64. The number of aryl methyl sites for hydroxylation is 1. The Balaban J connectivity index is 1.54. The van der Waals surface area contributed by atoms with Gasteiger partial charge in [0.1, 0.15) is 18.7 Å². The van der Waals surface area contributed by atoms with Crippen LogP contribution < -0.4 is 20.3 Å². The SMILES string of the molecule is CCc1nc2ccccc2n1CC(=O)NNC(=O)COc1ccc(C=O)cc1OC. The minimum atomic E-state index is -0.545. The fraction of sp³-hybridized carbons (Fsp3) is 0.238. The molecule has 0 fully saturated rings. The van der Waals surface area contributed by atoms with Gasteiger partial charge >= 0.3 is 0 Å². The minimum absolute atomic E-state index is 0.0196. The van der Waals surface area contributed by atoms with E-state index in [4.69, 9.17) is 9.47 Å². The van der Waals surface area contributed by atoms with Crippen molar-refractivity contribution in [3.63, 3.8) is 0 Å². The third kappa shape index (κ3) is 4.75. The molecule has 3 aromatic rings. The van der Waals surface area contributed by atoms with Gasteiger partial charge in [-0.05, 0) is 30.3 Å². The first-order chi connectivity index (χ1) is 14.5. The number of fused-ring (bicyclic) bond motifs is 1. The van der Waals surface area contributed by atoms with Crippen LogP contribution in [0.3, 0.4) is 0 Å². The van der Waals surface area contributed by atoms with Crippen LogP contribution in [0.2, 0.25) is 0 Å². The number of carbonyl (C=O) groups excluding carboxylic acids is 3. The number of imidazole rings is 1. The number of para-hydroxylation sites is 2. The van der Waals surface area contributed by atoms with E-state index in [2.05, 4.69) is 15.8 Å². The predicted octanol–water partition coefficient (Wildman–Crippen LogP) is 1.65. The van der Waals surface area contributed by atoms with Crippen molar-refractivity contribution >= 4 is 29.1 Å². The Morgan fingerprint density at radius 2 is 1.87 bits per heavy atom. The quantitative estimate of drug-likeness (QED) is 0.431. The maximum Gasteiger partial charge on any atom is 0.276 e. The van der Waals surface area contributed by atoms with Crippen molar-refractivity contribution in [2.75, 3.05) is 13.7 Å². The van der Waals surface area contributed by atoms with E-state index in [0.717, 1.165) is 16.9 Å². The van der Waals surface area contributed by atoms with Gasteiger partial charge in [-0.1, -0.05) is 19.1 Å². The van der Waals surface area contributed by atoms with E-state index < -0.39 is 11.8 Å². The highest BCUT2D eigenvalue weighted by Gasteiger charge is 2.13. The molecule has 3 rings (SSSR count). The van der Waals surface area contributed by atoms with Crippen molar-refractivity contribution in [3.05, 3.63) is 53.9 Å². The maximum atomic E-state index is 12.3. The molecule has 0 bridgehead atoms. The van der Waals surface area contributed by atoms with Crippen LogP contribution >= 0.6 is 0 Å². The van der Waals surface area contributed by atoms with E-state index >= 15 is 0 Å². The van der Waals surface area contributed by atoms with Gasteiger partial charge in [-0.3, -0.25) is 25.2 Å². The third-order valence-electron chi connectivity index (χ3n) is 4.38. The van der Waals surface area contributed by atoms with Crippen LogP contribution in [0.1, 0.15) is 23.1 Å². The molecule has 2 N–H and O–H groups in total. The molecular weight excluding hydrogens is 388 g/mol. The van der Waals surface area contributed by atoms with Gasteiger partial charge in [0, 0.05) is 12.0 Å². The molecule has 9 heteroatoms. The van der Waals surface area contributed by atoms with Crippen LogP contribution in [0.4, 0.5) is 0 Å². The average molecular weight is 410 g/mol. The second kappa shape index (κ2) is 9.55. The molecule has 156 valence electrons. The zero-order chi connectivity index (χ0) is 21.5. The standard InChI is InChI=1S/C21H22N4O5/c1-3-19-22-15-6-4-5-7-16(15)25(19)11-20(27)23-24-21(28)13-30-17-9-8-14(12-26)10-18(17)29-2/h4-10,12H,3,11,13H2,1-2H3,(H,23,27)(H,24,28). The Morgan fingerprint density at radius 1 is 1.10 bits per heavy atom. The molecule has 0 saturated carbocycles. The summed E-state index contributed by atoms with van der Waals surface area (Å²) < 4.78 is 12.4. The van der Waals surface area contributed by atoms with Crippen molar-refractivity contribution in [3.8, 4) is 11.5 Å². The van der Waals surface area contributed by atoms with Gasteiger partial charge in [-0.25, -0.2) is 4.98 Å².